The predicted molar refractivity (Wildman–Crippen MR) is 115 cm³/mol. The van der Waals surface area contributed by atoms with E-state index in [0.717, 1.165) is 48.2 Å². The van der Waals surface area contributed by atoms with Crippen LogP contribution in [0.5, 0.6) is 0 Å². The van der Waals surface area contributed by atoms with Crippen molar-refractivity contribution in [2.24, 2.45) is 5.41 Å². The number of benzene rings is 1. The van der Waals surface area contributed by atoms with E-state index in [9.17, 15) is 9.59 Å². The number of esters is 1. The summed E-state index contributed by atoms with van der Waals surface area (Å²) in [6.45, 7) is 10.7. The van der Waals surface area contributed by atoms with Gasteiger partial charge in [0, 0.05) is 29.3 Å². The summed E-state index contributed by atoms with van der Waals surface area (Å²) in [6.07, 6.45) is 4.05. The Hall–Kier alpha value is -2.36. The molecule has 1 aliphatic carbocycles. The van der Waals surface area contributed by atoms with E-state index in [4.69, 9.17) is 4.74 Å². The van der Waals surface area contributed by atoms with Crippen LogP contribution in [0.1, 0.15) is 77.3 Å². The minimum Gasteiger partial charge on any atom is -0.462 e. The van der Waals surface area contributed by atoms with E-state index in [1.54, 1.807) is 0 Å². The molecule has 0 aromatic heterocycles. The second kappa shape index (κ2) is 8.56. The van der Waals surface area contributed by atoms with E-state index < -0.39 is 0 Å². The first-order chi connectivity index (χ1) is 13.8. The maximum Gasteiger partial charge on any atom is 0.336 e. The first kappa shape index (κ1) is 21.4. The van der Waals surface area contributed by atoms with E-state index in [0.29, 0.717) is 18.6 Å². The predicted octanol–water partition coefficient (Wildman–Crippen LogP) is 5.20. The number of carbonyl (C=O) groups excluding carboxylic acids is 2. The fraction of sp³-hybridized carbons (Fsp3) is 0.520. The highest BCUT2D eigenvalue weighted by molar-refractivity contribution is 6.04. The highest BCUT2D eigenvalue weighted by Crippen LogP contribution is 2.46. The van der Waals surface area contributed by atoms with Crippen molar-refractivity contribution in [1.29, 1.82) is 0 Å². The lowest BCUT2D eigenvalue weighted by atomic mass is 9.68. The van der Waals surface area contributed by atoms with Crippen molar-refractivity contribution < 1.29 is 14.3 Å². The van der Waals surface area contributed by atoms with Crippen LogP contribution in [0.4, 0.5) is 0 Å². The second-order valence-electron chi connectivity index (χ2n) is 9.01. The van der Waals surface area contributed by atoms with E-state index in [2.05, 4.69) is 57.3 Å². The average Bonchev–Trinajstić information content (AvgIpc) is 2.66. The van der Waals surface area contributed by atoms with Gasteiger partial charge in [-0.1, -0.05) is 58.4 Å². The van der Waals surface area contributed by atoms with Crippen molar-refractivity contribution >= 4 is 11.8 Å². The van der Waals surface area contributed by atoms with Crippen LogP contribution >= 0.6 is 0 Å². The lowest BCUT2D eigenvalue weighted by Crippen LogP contribution is -2.38. The van der Waals surface area contributed by atoms with Gasteiger partial charge in [0.2, 0.25) is 0 Å². The van der Waals surface area contributed by atoms with Crippen molar-refractivity contribution in [1.82, 2.24) is 5.32 Å². The lowest BCUT2D eigenvalue weighted by molar-refractivity contribution is -0.139. The first-order valence-electron chi connectivity index (χ1n) is 10.8. The number of ether oxygens (including phenoxy) is 1. The molecule has 1 aromatic rings. The molecule has 1 N–H and O–H groups in total. The van der Waals surface area contributed by atoms with Gasteiger partial charge in [-0.3, -0.25) is 4.79 Å². The number of allylic oxidation sites excluding steroid dienone is 3. The Morgan fingerprint density at radius 3 is 2.48 bits per heavy atom. The molecule has 1 heterocycles. The molecule has 1 atom stereocenters. The Labute approximate surface area is 174 Å². The Kier molecular flexibility index (Phi) is 6.30. The molecule has 0 fully saturated rings. The van der Waals surface area contributed by atoms with Crippen LogP contribution in [0.2, 0.25) is 0 Å². The number of carbonyl (C=O) groups is 2. The van der Waals surface area contributed by atoms with E-state index in [1.807, 2.05) is 6.92 Å². The van der Waals surface area contributed by atoms with Gasteiger partial charge < -0.3 is 10.1 Å². The summed E-state index contributed by atoms with van der Waals surface area (Å²) in [6, 6.07) is 8.28. The Morgan fingerprint density at radius 2 is 1.86 bits per heavy atom. The minimum absolute atomic E-state index is 0.0844. The summed E-state index contributed by atoms with van der Waals surface area (Å²) in [7, 11) is 0. The topological polar surface area (TPSA) is 55.4 Å². The van der Waals surface area contributed by atoms with Gasteiger partial charge in [0.25, 0.3) is 0 Å². The van der Waals surface area contributed by atoms with Crippen LogP contribution in [0, 0.1) is 5.41 Å². The number of Topliss-reactive ketones (excluding diaryl/α,β-unsaturated/α-hetero) is 1. The normalized spacial score (nSPS) is 21.0. The molecule has 29 heavy (non-hydrogen) atoms. The molecular formula is C25H33NO3. The maximum absolute atomic E-state index is 13.2. The standard InChI is InChI=1S/C25H33NO3/c1-6-8-13-29-24(28)21-16(3)26-19-14-25(4,5)15-20(27)23(19)22(21)18-11-9-17(7-2)10-12-18/h9-12,22,26H,6-8,13-15H2,1-5H3/t22-/m1/s1. The molecule has 0 saturated carbocycles. The molecule has 1 aromatic carbocycles. The highest BCUT2D eigenvalue weighted by Gasteiger charge is 2.43. The van der Waals surface area contributed by atoms with Gasteiger partial charge in [-0.15, -0.1) is 0 Å². The molecular weight excluding hydrogens is 362 g/mol. The van der Waals surface area contributed by atoms with E-state index in [-0.39, 0.29) is 23.1 Å². The van der Waals surface area contributed by atoms with Crippen LogP contribution < -0.4 is 5.32 Å². The zero-order chi connectivity index (χ0) is 21.2. The number of hydrogen-bond donors (Lipinski definition) is 1. The zero-order valence-electron chi connectivity index (χ0n) is 18.4. The molecule has 1 aliphatic heterocycles. The third kappa shape index (κ3) is 4.47. The van der Waals surface area contributed by atoms with Gasteiger partial charge in [0.1, 0.15) is 0 Å². The van der Waals surface area contributed by atoms with Gasteiger partial charge in [0.05, 0.1) is 12.2 Å². The van der Waals surface area contributed by atoms with Crippen molar-refractivity contribution in [3.63, 3.8) is 0 Å². The molecule has 0 spiro atoms. The lowest BCUT2D eigenvalue weighted by Gasteiger charge is -2.39. The molecule has 4 heteroatoms. The van der Waals surface area contributed by atoms with Gasteiger partial charge in [-0.05, 0) is 42.7 Å². The molecule has 0 unspecified atom stereocenters. The maximum atomic E-state index is 13.2. The Morgan fingerprint density at radius 1 is 1.17 bits per heavy atom. The number of ketones is 1. The molecule has 2 aliphatic rings. The zero-order valence-corrected chi connectivity index (χ0v) is 18.4. The highest BCUT2D eigenvalue weighted by atomic mass is 16.5. The summed E-state index contributed by atoms with van der Waals surface area (Å²) in [5.74, 6) is -0.563. The molecule has 0 bridgehead atoms. The number of rotatable bonds is 6. The molecule has 3 rings (SSSR count). The molecule has 4 nitrogen and oxygen atoms in total. The smallest absolute Gasteiger partial charge is 0.336 e. The van der Waals surface area contributed by atoms with Crippen molar-refractivity contribution in [2.45, 2.75) is 72.6 Å². The summed E-state index contributed by atoms with van der Waals surface area (Å²) in [5.41, 5.74) is 5.18. The van der Waals surface area contributed by atoms with Crippen molar-refractivity contribution in [3.8, 4) is 0 Å². The fourth-order valence-electron chi connectivity index (χ4n) is 4.37. The number of dihydropyridines is 1. The van der Waals surface area contributed by atoms with Crippen LogP contribution in [-0.4, -0.2) is 18.4 Å². The summed E-state index contributed by atoms with van der Waals surface area (Å²) in [5, 5.41) is 3.39. The summed E-state index contributed by atoms with van der Waals surface area (Å²) >= 11 is 0. The second-order valence-corrected chi connectivity index (χ2v) is 9.01. The molecule has 156 valence electrons. The van der Waals surface area contributed by atoms with Crippen LogP contribution in [0.25, 0.3) is 0 Å². The number of aryl methyl sites for hydroxylation is 1. The average molecular weight is 396 g/mol. The van der Waals surface area contributed by atoms with E-state index in [1.165, 1.54) is 5.56 Å². The van der Waals surface area contributed by atoms with E-state index >= 15 is 0 Å². The number of unbranched alkanes of at least 4 members (excludes halogenated alkanes) is 1. The quantitative estimate of drug-likeness (QED) is 0.531. The van der Waals surface area contributed by atoms with Gasteiger partial charge in [-0.2, -0.15) is 0 Å². The third-order valence-electron chi connectivity index (χ3n) is 5.91. The van der Waals surface area contributed by atoms with Crippen molar-refractivity contribution in [2.75, 3.05) is 6.61 Å². The molecule has 0 radical (unpaired) electrons. The SMILES string of the molecule is CCCCOC(=O)C1=C(C)NC2=C(C(=O)CC(C)(C)C2)[C@@H]1c1ccc(CC)cc1. The summed E-state index contributed by atoms with van der Waals surface area (Å²) in [4.78, 5) is 26.3. The van der Waals surface area contributed by atoms with Crippen LogP contribution in [0.15, 0.2) is 46.8 Å². The van der Waals surface area contributed by atoms with Gasteiger partial charge in [-0.25, -0.2) is 4.79 Å². The van der Waals surface area contributed by atoms with Crippen LogP contribution in [-0.2, 0) is 20.7 Å². The largest absolute Gasteiger partial charge is 0.462 e. The Bertz CT molecular complexity index is 859. The Balaban J connectivity index is 2.07. The summed E-state index contributed by atoms with van der Waals surface area (Å²) < 4.78 is 5.57. The van der Waals surface area contributed by atoms with Crippen molar-refractivity contribution in [3.05, 3.63) is 57.9 Å². The van der Waals surface area contributed by atoms with Gasteiger partial charge >= 0.3 is 5.97 Å². The monoisotopic (exact) mass is 395 g/mol. The number of hydrogen-bond acceptors (Lipinski definition) is 4. The van der Waals surface area contributed by atoms with Crippen LogP contribution in [0.3, 0.4) is 0 Å². The molecule has 0 amide bonds. The molecule has 0 saturated heterocycles. The minimum atomic E-state index is -0.366. The fourth-order valence-corrected chi connectivity index (χ4v) is 4.37. The van der Waals surface area contributed by atoms with Gasteiger partial charge in [0.15, 0.2) is 5.78 Å². The number of nitrogens with one attached hydrogen (secondary N) is 1. The first-order valence-corrected chi connectivity index (χ1v) is 10.8. The third-order valence-corrected chi connectivity index (χ3v) is 5.91.